The Hall–Kier alpha value is -5.07. The van der Waals surface area contributed by atoms with Crippen LogP contribution in [0.3, 0.4) is 0 Å². The topological polar surface area (TPSA) is 76.0 Å². The fourth-order valence-electron chi connectivity index (χ4n) is 5.97. The first kappa shape index (κ1) is 31.9. The average Bonchev–Trinajstić information content (AvgIpc) is 3.65. The maximum Gasteiger partial charge on any atom is 0.355 e. The number of carboxylic acid groups (broad SMARTS) is 1. The van der Waals surface area contributed by atoms with E-state index in [4.69, 9.17) is 5.11 Å². The largest absolute Gasteiger partial charge is 0.476 e. The smallest absolute Gasteiger partial charge is 0.355 e. The number of benzene rings is 6. The van der Waals surface area contributed by atoms with Gasteiger partial charge in [-0.25, -0.2) is 9.78 Å². The van der Waals surface area contributed by atoms with Crippen molar-refractivity contribution in [1.82, 2.24) is 15.0 Å². The molecule has 0 saturated carbocycles. The van der Waals surface area contributed by atoms with Crippen LogP contribution in [0.1, 0.15) is 21.6 Å². The molecule has 0 unspecified atom stereocenters. The van der Waals surface area contributed by atoms with E-state index in [1.807, 2.05) is 24.5 Å². The number of thiazole rings is 1. The van der Waals surface area contributed by atoms with Crippen molar-refractivity contribution in [3.8, 4) is 0 Å². The number of hydrogen-bond acceptors (Lipinski definition) is 5. The fourth-order valence-corrected chi connectivity index (χ4v) is 6.49. The van der Waals surface area contributed by atoms with Crippen molar-refractivity contribution in [3.05, 3.63) is 149 Å². The van der Waals surface area contributed by atoms with Gasteiger partial charge in [-0.05, 0) is 63.5 Å². The Balaban J connectivity index is 0.000000132. The molecule has 7 heteroatoms. The first-order chi connectivity index (χ1) is 22.5. The number of pyridine rings is 2. The van der Waals surface area contributed by atoms with Crippen molar-refractivity contribution in [1.29, 1.82) is 0 Å². The summed E-state index contributed by atoms with van der Waals surface area (Å²) in [5.41, 5.74) is 6.14. The molecule has 0 aliphatic rings. The Morgan fingerprint density at radius 3 is 1.62 bits per heavy atom. The summed E-state index contributed by atoms with van der Waals surface area (Å²) in [5.74, 6) is -0.966. The van der Waals surface area contributed by atoms with Gasteiger partial charge < -0.3 is 10.1 Å². The van der Waals surface area contributed by atoms with Crippen LogP contribution in [0.15, 0.2) is 126 Å². The van der Waals surface area contributed by atoms with Crippen LogP contribution in [-0.2, 0) is 20.1 Å². The van der Waals surface area contributed by atoms with E-state index in [1.54, 1.807) is 0 Å². The minimum atomic E-state index is -0.966. The molecule has 0 saturated heterocycles. The molecule has 0 fully saturated rings. The second kappa shape index (κ2) is 13.7. The van der Waals surface area contributed by atoms with Crippen molar-refractivity contribution >= 4 is 82.2 Å². The van der Waals surface area contributed by atoms with Crippen LogP contribution < -0.4 is 0 Å². The molecule has 1 N–H and O–H groups in total. The van der Waals surface area contributed by atoms with Gasteiger partial charge in [0.2, 0.25) is 0 Å². The van der Waals surface area contributed by atoms with E-state index in [0.29, 0.717) is 0 Å². The van der Waals surface area contributed by atoms with Crippen molar-refractivity contribution < 1.29 is 30.0 Å². The summed E-state index contributed by atoms with van der Waals surface area (Å²) in [7, 11) is 0. The van der Waals surface area contributed by atoms with Crippen LogP contribution in [0.5, 0.6) is 0 Å². The van der Waals surface area contributed by atoms with Gasteiger partial charge in [-0.1, -0.05) is 89.6 Å². The molecule has 9 rings (SSSR count). The first-order valence-corrected chi connectivity index (χ1v) is 15.8. The van der Waals surface area contributed by atoms with Gasteiger partial charge in [-0.15, -0.1) is 41.0 Å². The number of carboxylic acids is 1. The van der Waals surface area contributed by atoms with E-state index in [9.17, 15) is 4.79 Å². The predicted octanol–water partition coefficient (Wildman–Crippen LogP) is 10.3. The van der Waals surface area contributed by atoms with Crippen LogP contribution in [0.2, 0.25) is 0 Å². The normalized spacial score (nSPS) is 10.8. The molecular formula is C40H28IrN3O2S-. The molecule has 0 bridgehead atoms. The van der Waals surface area contributed by atoms with E-state index in [-0.39, 0.29) is 25.8 Å². The minimum Gasteiger partial charge on any atom is -0.476 e. The zero-order valence-electron chi connectivity index (χ0n) is 25.6. The predicted molar refractivity (Wildman–Crippen MR) is 191 cm³/mol. The Morgan fingerprint density at radius 2 is 1.09 bits per heavy atom. The number of hydrogen-bond donors (Lipinski definition) is 1. The molecule has 0 aliphatic carbocycles. The SMILES string of the molecule is Cc1cnc2c3[c-]cccc3c3ccccc3c2c1.Cc1cnc2c3ccccc3c3ccccc3c2c1.O=C(O)c1cscn1.[Ir]. The van der Waals surface area contributed by atoms with Crippen molar-refractivity contribution in [3.63, 3.8) is 0 Å². The molecule has 0 atom stereocenters. The molecule has 0 amide bonds. The van der Waals surface area contributed by atoms with E-state index < -0.39 is 5.97 Å². The second-order valence-corrected chi connectivity index (χ2v) is 11.8. The standard InChI is InChI=1S/C18H13N.C18H12N.C4H3NO2S.Ir/c2*1-12-10-17-15-8-3-2-6-13(15)14-7-4-5-9-16(14)18(17)19-11-12;6-4(7)3-1-8-2-5-3;/h2-11H,1H3;2-8,10-11H,1H3;1-2H,(H,6,7);/q;-1;;. The van der Waals surface area contributed by atoms with Crippen molar-refractivity contribution in [2.45, 2.75) is 13.8 Å². The summed E-state index contributed by atoms with van der Waals surface area (Å²) in [6.07, 6.45) is 3.88. The van der Waals surface area contributed by atoms with Gasteiger partial charge in [-0.2, -0.15) is 0 Å². The molecule has 231 valence electrons. The molecular weight excluding hydrogens is 779 g/mol. The van der Waals surface area contributed by atoms with Gasteiger partial charge in [0, 0.05) is 48.7 Å². The van der Waals surface area contributed by atoms with Crippen LogP contribution in [-0.4, -0.2) is 26.0 Å². The van der Waals surface area contributed by atoms with Crippen LogP contribution in [0.25, 0.3) is 64.9 Å². The summed E-state index contributed by atoms with van der Waals surface area (Å²) in [4.78, 5) is 22.8. The van der Waals surface area contributed by atoms with E-state index in [2.05, 4.69) is 126 Å². The molecule has 6 aromatic carbocycles. The van der Waals surface area contributed by atoms with Crippen LogP contribution in [0, 0.1) is 19.9 Å². The summed E-state index contributed by atoms with van der Waals surface area (Å²) in [5, 5.41) is 22.1. The van der Waals surface area contributed by atoms with Gasteiger partial charge in [0.1, 0.15) is 0 Å². The van der Waals surface area contributed by atoms with Crippen LogP contribution in [0.4, 0.5) is 0 Å². The first-order valence-electron chi connectivity index (χ1n) is 14.8. The third-order valence-electron chi connectivity index (χ3n) is 7.99. The summed E-state index contributed by atoms with van der Waals surface area (Å²) < 4.78 is 0. The van der Waals surface area contributed by atoms with Gasteiger partial charge in [-0.3, -0.25) is 4.98 Å². The number of nitrogens with zero attached hydrogens (tertiary/aromatic N) is 3. The summed E-state index contributed by atoms with van der Waals surface area (Å²) in [6.45, 7) is 4.18. The molecule has 3 heterocycles. The average molecular weight is 807 g/mol. The van der Waals surface area contributed by atoms with Crippen LogP contribution >= 0.6 is 11.3 Å². The molecule has 1 radical (unpaired) electrons. The van der Waals surface area contributed by atoms with Gasteiger partial charge in [0.15, 0.2) is 5.69 Å². The molecule has 47 heavy (non-hydrogen) atoms. The number of aryl methyl sites for hydroxylation is 2. The Kier molecular flexibility index (Phi) is 9.32. The van der Waals surface area contributed by atoms with Crippen molar-refractivity contribution in [2.24, 2.45) is 0 Å². The van der Waals surface area contributed by atoms with E-state index in [1.165, 1.54) is 81.8 Å². The number of fused-ring (bicyclic) bond motifs is 12. The maximum atomic E-state index is 10.0. The monoisotopic (exact) mass is 807 g/mol. The third kappa shape index (κ3) is 6.21. The van der Waals surface area contributed by atoms with Gasteiger partial charge in [0.05, 0.1) is 11.0 Å². The Labute approximate surface area is 288 Å². The summed E-state index contributed by atoms with van der Waals surface area (Å²) in [6, 6.07) is 39.5. The number of carbonyl (C=O) groups is 1. The molecule has 5 nitrogen and oxygen atoms in total. The molecule has 0 aliphatic heterocycles. The quantitative estimate of drug-likeness (QED) is 0.132. The number of aromatic nitrogens is 3. The molecule has 9 aromatic rings. The zero-order valence-corrected chi connectivity index (χ0v) is 28.8. The van der Waals surface area contributed by atoms with Crippen molar-refractivity contribution in [2.75, 3.05) is 0 Å². The second-order valence-electron chi connectivity index (χ2n) is 11.1. The van der Waals surface area contributed by atoms with Gasteiger partial charge >= 0.3 is 5.97 Å². The zero-order chi connectivity index (χ0) is 31.6. The maximum absolute atomic E-state index is 10.0. The summed E-state index contributed by atoms with van der Waals surface area (Å²) >= 11 is 1.28. The minimum absolute atomic E-state index is 0. The number of aromatic carboxylic acids is 1. The third-order valence-corrected chi connectivity index (χ3v) is 8.58. The molecule has 3 aromatic heterocycles. The fraction of sp³-hybridized carbons (Fsp3) is 0.0500. The number of rotatable bonds is 1. The Bertz CT molecular complexity index is 2320. The van der Waals surface area contributed by atoms with E-state index >= 15 is 0 Å². The molecule has 0 spiro atoms. The van der Waals surface area contributed by atoms with E-state index in [0.717, 1.165) is 16.4 Å². The van der Waals surface area contributed by atoms with Gasteiger partial charge in [0.25, 0.3) is 0 Å². The Morgan fingerprint density at radius 1 is 0.617 bits per heavy atom.